The lowest BCUT2D eigenvalue weighted by molar-refractivity contribution is -0.124. The summed E-state index contributed by atoms with van der Waals surface area (Å²) in [6.45, 7) is 6.23. The molecule has 0 aliphatic carbocycles. The smallest absolute Gasteiger partial charge is 0.227 e. The van der Waals surface area contributed by atoms with E-state index in [1.54, 1.807) is 18.7 Å². The van der Waals surface area contributed by atoms with Gasteiger partial charge in [-0.05, 0) is 24.7 Å². The highest BCUT2D eigenvalue weighted by atomic mass is 32.2. The molecule has 0 aromatic heterocycles. The summed E-state index contributed by atoms with van der Waals surface area (Å²) >= 11 is 1.57. The third kappa shape index (κ3) is 5.71. The Morgan fingerprint density at radius 1 is 1.38 bits per heavy atom. The summed E-state index contributed by atoms with van der Waals surface area (Å²) in [5.74, 6) is 0.697. The van der Waals surface area contributed by atoms with Crippen LogP contribution in [0.5, 0.6) is 0 Å². The van der Waals surface area contributed by atoms with Gasteiger partial charge in [-0.2, -0.15) is 11.8 Å². The molecule has 118 valence electrons. The zero-order valence-corrected chi connectivity index (χ0v) is 14.2. The van der Waals surface area contributed by atoms with Crippen molar-refractivity contribution in [2.75, 3.05) is 18.6 Å². The van der Waals surface area contributed by atoms with Gasteiger partial charge in [-0.25, -0.2) is 0 Å². The number of hydrogen-bond donors (Lipinski definition) is 2. The van der Waals surface area contributed by atoms with E-state index in [1.165, 1.54) is 0 Å². The molecule has 0 fully saturated rings. The fourth-order valence-electron chi connectivity index (χ4n) is 2.38. The number of hydrogen-bond acceptors (Lipinski definition) is 3. The molecule has 4 heteroatoms. The number of nitrogens with one attached hydrogen (secondary N) is 1. The van der Waals surface area contributed by atoms with Crippen LogP contribution < -0.4 is 5.32 Å². The predicted molar refractivity (Wildman–Crippen MR) is 90.7 cm³/mol. The van der Waals surface area contributed by atoms with Gasteiger partial charge in [-0.1, -0.05) is 50.6 Å². The molecule has 1 rings (SSSR count). The van der Waals surface area contributed by atoms with Crippen LogP contribution >= 0.6 is 11.8 Å². The average Bonchev–Trinajstić information content (AvgIpc) is 2.46. The van der Waals surface area contributed by atoms with Gasteiger partial charge in [-0.15, -0.1) is 0 Å². The summed E-state index contributed by atoms with van der Waals surface area (Å²) < 4.78 is 0. The minimum absolute atomic E-state index is 0.00284. The SMILES string of the molecule is CCC(C)C(C(=O)NCC(C)(O)CSC)c1ccccc1. The van der Waals surface area contributed by atoms with Crippen molar-refractivity contribution in [3.05, 3.63) is 35.9 Å². The van der Waals surface area contributed by atoms with Crippen molar-refractivity contribution < 1.29 is 9.90 Å². The minimum Gasteiger partial charge on any atom is -0.387 e. The third-order valence-corrected chi connectivity index (χ3v) is 4.66. The van der Waals surface area contributed by atoms with Crippen LogP contribution in [0.2, 0.25) is 0 Å². The number of carbonyl (C=O) groups excluding carboxylic acids is 1. The number of aliphatic hydroxyl groups is 1. The molecule has 3 nitrogen and oxygen atoms in total. The highest BCUT2D eigenvalue weighted by Crippen LogP contribution is 2.27. The second kappa shape index (κ2) is 8.44. The van der Waals surface area contributed by atoms with Crippen molar-refractivity contribution in [2.24, 2.45) is 5.92 Å². The van der Waals surface area contributed by atoms with Crippen LogP contribution in [0, 0.1) is 5.92 Å². The van der Waals surface area contributed by atoms with Crippen molar-refractivity contribution in [3.8, 4) is 0 Å². The fraction of sp³-hybridized carbons (Fsp3) is 0.588. The topological polar surface area (TPSA) is 49.3 Å². The molecule has 0 radical (unpaired) electrons. The van der Waals surface area contributed by atoms with E-state index >= 15 is 0 Å². The van der Waals surface area contributed by atoms with Crippen molar-refractivity contribution in [1.82, 2.24) is 5.32 Å². The highest BCUT2D eigenvalue weighted by molar-refractivity contribution is 7.98. The molecular formula is C17H27NO2S. The van der Waals surface area contributed by atoms with Crippen LogP contribution in [0.15, 0.2) is 30.3 Å². The molecule has 0 aliphatic rings. The Morgan fingerprint density at radius 2 is 2.00 bits per heavy atom. The van der Waals surface area contributed by atoms with Crippen LogP contribution in [0.1, 0.15) is 38.7 Å². The number of amides is 1. The highest BCUT2D eigenvalue weighted by Gasteiger charge is 2.28. The van der Waals surface area contributed by atoms with Gasteiger partial charge in [0.05, 0.1) is 11.5 Å². The van der Waals surface area contributed by atoms with E-state index in [-0.39, 0.29) is 24.3 Å². The van der Waals surface area contributed by atoms with Crippen molar-refractivity contribution >= 4 is 17.7 Å². The number of rotatable bonds is 8. The lowest BCUT2D eigenvalue weighted by atomic mass is 9.85. The van der Waals surface area contributed by atoms with Gasteiger partial charge in [0.15, 0.2) is 0 Å². The zero-order valence-electron chi connectivity index (χ0n) is 13.4. The van der Waals surface area contributed by atoms with Gasteiger partial charge >= 0.3 is 0 Å². The molecule has 1 amide bonds. The molecule has 21 heavy (non-hydrogen) atoms. The normalized spacial score (nSPS) is 16.8. The van der Waals surface area contributed by atoms with Crippen molar-refractivity contribution in [3.63, 3.8) is 0 Å². The van der Waals surface area contributed by atoms with Gasteiger partial charge in [0, 0.05) is 12.3 Å². The van der Waals surface area contributed by atoms with E-state index in [9.17, 15) is 9.90 Å². The molecule has 0 spiro atoms. The summed E-state index contributed by atoms with van der Waals surface area (Å²) in [4.78, 5) is 12.6. The summed E-state index contributed by atoms with van der Waals surface area (Å²) in [6.07, 6.45) is 2.89. The maximum Gasteiger partial charge on any atom is 0.227 e. The lowest BCUT2D eigenvalue weighted by Crippen LogP contribution is -2.44. The molecule has 0 aliphatic heterocycles. The first kappa shape index (κ1) is 18.1. The minimum atomic E-state index is -0.869. The summed E-state index contributed by atoms with van der Waals surface area (Å²) in [6, 6.07) is 9.87. The molecule has 0 saturated heterocycles. The van der Waals surface area contributed by atoms with E-state index in [0.717, 1.165) is 12.0 Å². The summed E-state index contributed by atoms with van der Waals surface area (Å²) in [5, 5.41) is 13.1. The quantitative estimate of drug-likeness (QED) is 0.776. The monoisotopic (exact) mass is 309 g/mol. The Balaban J connectivity index is 2.78. The molecule has 0 bridgehead atoms. The molecule has 0 heterocycles. The molecule has 1 aromatic carbocycles. The van der Waals surface area contributed by atoms with E-state index in [0.29, 0.717) is 5.75 Å². The molecule has 1 aromatic rings. The standard InChI is InChI=1S/C17H27NO2S/c1-5-13(2)15(14-9-7-6-8-10-14)16(19)18-11-17(3,20)12-21-4/h6-10,13,15,20H,5,11-12H2,1-4H3,(H,18,19). The molecule has 0 saturated carbocycles. The molecule has 3 atom stereocenters. The Morgan fingerprint density at radius 3 is 2.52 bits per heavy atom. The first-order chi connectivity index (χ1) is 9.91. The molecular weight excluding hydrogens is 282 g/mol. The first-order valence-electron chi connectivity index (χ1n) is 7.45. The van der Waals surface area contributed by atoms with E-state index in [2.05, 4.69) is 19.2 Å². The maximum absolute atomic E-state index is 12.6. The van der Waals surface area contributed by atoms with Crippen molar-refractivity contribution in [2.45, 2.75) is 38.7 Å². The van der Waals surface area contributed by atoms with Gasteiger partial charge in [0.25, 0.3) is 0 Å². The summed E-state index contributed by atoms with van der Waals surface area (Å²) in [7, 11) is 0. The second-order valence-electron chi connectivity index (χ2n) is 5.92. The first-order valence-corrected chi connectivity index (χ1v) is 8.84. The number of thioether (sulfide) groups is 1. The number of carbonyl (C=O) groups is 1. The van der Waals surface area contributed by atoms with Gasteiger partial charge in [0.2, 0.25) is 5.91 Å². The molecule has 2 N–H and O–H groups in total. The van der Waals surface area contributed by atoms with Gasteiger partial charge in [-0.3, -0.25) is 4.79 Å². The second-order valence-corrected chi connectivity index (χ2v) is 6.79. The Kier molecular flexibility index (Phi) is 7.26. The van der Waals surface area contributed by atoms with Crippen LogP contribution in [0.25, 0.3) is 0 Å². The van der Waals surface area contributed by atoms with E-state index in [4.69, 9.17) is 0 Å². The van der Waals surface area contributed by atoms with Crippen LogP contribution in [0.3, 0.4) is 0 Å². The zero-order chi connectivity index (χ0) is 15.9. The Hall–Kier alpha value is -1.00. The molecule has 3 unspecified atom stereocenters. The average molecular weight is 309 g/mol. The van der Waals surface area contributed by atoms with E-state index in [1.807, 2.05) is 36.6 Å². The largest absolute Gasteiger partial charge is 0.387 e. The fourth-order valence-corrected chi connectivity index (χ4v) is 3.11. The van der Waals surface area contributed by atoms with Crippen molar-refractivity contribution in [1.29, 1.82) is 0 Å². The van der Waals surface area contributed by atoms with Crippen LogP contribution in [-0.2, 0) is 4.79 Å². The van der Waals surface area contributed by atoms with Crippen LogP contribution in [0.4, 0.5) is 0 Å². The Labute approximate surface area is 132 Å². The maximum atomic E-state index is 12.6. The van der Waals surface area contributed by atoms with Crippen LogP contribution in [-0.4, -0.2) is 35.2 Å². The Bertz CT molecular complexity index is 434. The predicted octanol–water partition coefficient (Wildman–Crippen LogP) is 3.05. The third-order valence-electron chi connectivity index (χ3n) is 3.75. The summed E-state index contributed by atoms with van der Waals surface area (Å²) in [5.41, 5.74) is 0.167. The number of benzene rings is 1. The van der Waals surface area contributed by atoms with Gasteiger partial charge < -0.3 is 10.4 Å². The lowest BCUT2D eigenvalue weighted by Gasteiger charge is -2.27. The van der Waals surface area contributed by atoms with E-state index < -0.39 is 5.60 Å². The van der Waals surface area contributed by atoms with Gasteiger partial charge in [0.1, 0.15) is 0 Å².